The highest BCUT2D eigenvalue weighted by Crippen LogP contribution is 2.31. The molecular formula is C29H32ClFN6O2. The van der Waals surface area contributed by atoms with Gasteiger partial charge in [0.2, 0.25) is 5.91 Å². The van der Waals surface area contributed by atoms with Gasteiger partial charge in [-0.15, -0.1) is 0 Å². The van der Waals surface area contributed by atoms with Crippen LogP contribution in [0.5, 0.6) is 5.75 Å². The van der Waals surface area contributed by atoms with Gasteiger partial charge in [-0.05, 0) is 68.8 Å². The number of benzene rings is 2. The summed E-state index contributed by atoms with van der Waals surface area (Å²) in [5.74, 6) is 0.229. The van der Waals surface area contributed by atoms with E-state index >= 15 is 0 Å². The fraction of sp³-hybridized carbons (Fsp3) is 0.276. The summed E-state index contributed by atoms with van der Waals surface area (Å²) in [5, 5.41) is 3.25. The molecule has 0 saturated carbocycles. The Hall–Kier alpha value is -3.95. The standard InChI is InChI=1S/C29H32ClFN6O2/c1-20-25(36-27(38)9-6-14-37-12-3-2-4-13-37)17-33-28(20)29(34-19-32)35-23-10-11-26(24(30)16-23)39-18-21-7-5-8-22(31)15-21/h5-11,15-17,19,33H,2-4,12-14,18H2,1H3,(H,36,38)(H2,32,34,35)/b9-6+. The zero-order chi connectivity index (χ0) is 27.6. The molecule has 1 fully saturated rings. The van der Waals surface area contributed by atoms with Crippen LogP contribution in [0.3, 0.4) is 0 Å². The summed E-state index contributed by atoms with van der Waals surface area (Å²) in [5.41, 5.74) is 8.80. The lowest BCUT2D eigenvalue weighted by molar-refractivity contribution is -0.111. The normalized spacial score (nSPS) is 14.8. The van der Waals surface area contributed by atoms with Crippen LogP contribution in [0.4, 0.5) is 15.8 Å². The maximum absolute atomic E-state index is 13.4. The molecule has 1 aromatic heterocycles. The number of amidine groups is 1. The largest absolute Gasteiger partial charge is 0.487 e. The minimum absolute atomic E-state index is 0.173. The molecule has 0 atom stereocenters. The number of anilines is 1. The van der Waals surface area contributed by atoms with E-state index in [4.69, 9.17) is 22.1 Å². The van der Waals surface area contributed by atoms with Crippen molar-refractivity contribution < 1.29 is 13.9 Å². The number of halogens is 2. The number of hydrogen-bond acceptors (Lipinski definition) is 4. The third-order valence-corrected chi connectivity index (χ3v) is 6.63. The van der Waals surface area contributed by atoms with E-state index < -0.39 is 0 Å². The van der Waals surface area contributed by atoms with E-state index in [2.05, 4.69) is 25.2 Å². The third kappa shape index (κ3) is 8.02. The molecule has 2 aromatic carbocycles. The van der Waals surface area contributed by atoms with Gasteiger partial charge < -0.3 is 20.8 Å². The SMILES string of the molecule is Cc1c(NC(=O)/C=C/CN2CCCCC2)c[nH]c1C(N=CN)=Nc1ccc(OCc2cccc(F)c2)c(Cl)c1. The molecule has 3 aromatic rings. The van der Waals surface area contributed by atoms with Gasteiger partial charge in [0.15, 0.2) is 5.84 Å². The minimum atomic E-state index is -0.327. The van der Waals surface area contributed by atoms with Crippen LogP contribution < -0.4 is 15.8 Å². The Balaban J connectivity index is 1.43. The molecule has 0 spiro atoms. The van der Waals surface area contributed by atoms with Crippen molar-refractivity contribution in [2.24, 2.45) is 15.7 Å². The highest BCUT2D eigenvalue weighted by Gasteiger charge is 2.14. The molecule has 1 amide bonds. The Morgan fingerprint density at radius 2 is 2.05 bits per heavy atom. The number of H-pyrrole nitrogens is 1. The van der Waals surface area contributed by atoms with Crippen molar-refractivity contribution in [3.8, 4) is 5.75 Å². The van der Waals surface area contributed by atoms with Gasteiger partial charge in [-0.3, -0.25) is 9.69 Å². The highest BCUT2D eigenvalue weighted by molar-refractivity contribution is 6.32. The number of aromatic nitrogens is 1. The number of amides is 1. The van der Waals surface area contributed by atoms with Crippen LogP contribution in [0, 0.1) is 12.7 Å². The average Bonchev–Trinajstić information content (AvgIpc) is 3.28. The smallest absolute Gasteiger partial charge is 0.248 e. The number of aliphatic imine (C=N–C) groups is 2. The molecular weight excluding hydrogens is 519 g/mol. The molecule has 4 N–H and O–H groups in total. The summed E-state index contributed by atoms with van der Waals surface area (Å²) < 4.78 is 19.2. The third-order valence-electron chi connectivity index (χ3n) is 6.33. The second-order valence-electron chi connectivity index (χ2n) is 9.20. The monoisotopic (exact) mass is 550 g/mol. The lowest BCUT2D eigenvalue weighted by Gasteiger charge is -2.24. The first kappa shape index (κ1) is 28.1. The molecule has 0 bridgehead atoms. The fourth-order valence-corrected chi connectivity index (χ4v) is 4.52. The van der Waals surface area contributed by atoms with Crippen LogP contribution in [0.2, 0.25) is 5.02 Å². The summed E-state index contributed by atoms with van der Waals surface area (Å²) in [6.45, 7) is 4.95. The van der Waals surface area contributed by atoms with Crippen LogP contribution in [0.25, 0.3) is 0 Å². The van der Waals surface area contributed by atoms with Gasteiger partial charge in [0.1, 0.15) is 18.2 Å². The Kier molecular flexibility index (Phi) is 9.88. The van der Waals surface area contributed by atoms with Gasteiger partial charge in [-0.25, -0.2) is 14.4 Å². The zero-order valence-corrected chi connectivity index (χ0v) is 22.5. The van der Waals surface area contributed by atoms with E-state index in [9.17, 15) is 9.18 Å². The van der Waals surface area contributed by atoms with Crippen molar-refractivity contribution in [1.82, 2.24) is 9.88 Å². The van der Waals surface area contributed by atoms with Gasteiger partial charge in [0.25, 0.3) is 0 Å². The molecule has 1 aliphatic rings. The minimum Gasteiger partial charge on any atom is -0.487 e. The second kappa shape index (κ2) is 13.7. The van der Waals surface area contributed by atoms with Gasteiger partial charge in [-0.2, -0.15) is 0 Å². The number of ether oxygens (including phenoxy) is 1. The number of rotatable bonds is 9. The molecule has 10 heteroatoms. The Bertz CT molecular complexity index is 1380. The number of likely N-dealkylation sites (tertiary alicyclic amines) is 1. The number of carbonyl (C=O) groups excluding carboxylic acids is 1. The van der Waals surface area contributed by atoms with Crippen molar-refractivity contribution in [2.75, 3.05) is 25.0 Å². The molecule has 1 aliphatic heterocycles. The van der Waals surface area contributed by atoms with Crippen molar-refractivity contribution in [1.29, 1.82) is 0 Å². The highest BCUT2D eigenvalue weighted by atomic mass is 35.5. The van der Waals surface area contributed by atoms with Gasteiger partial charge >= 0.3 is 0 Å². The Morgan fingerprint density at radius 1 is 1.23 bits per heavy atom. The molecule has 8 nitrogen and oxygen atoms in total. The van der Waals surface area contributed by atoms with E-state index in [0.29, 0.717) is 39.2 Å². The molecule has 204 valence electrons. The topological polar surface area (TPSA) is 108 Å². The Labute approximate surface area is 232 Å². The van der Waals surface area contributed by atoms with E-state index in [1.165, 1.54) is 31.4 Å². The number of nitrogens with two attached hydrogens (primary N) is 1. The zero-order valence-electron chi connectivity index (χ0n) is 21.8. The van der Waals surface area contributed by atoms with Gasteiger partial charge in [-0.1, -0.05) is 36.2 Å². The van der Waals surface area contributed by atoms with Crippen LogP contribution >= 0.6 is 11.6 Å². The first-order valence-electron chi connectivity index (χ1n) is 12.8. The molecule has 0 radical (unpaired) electrons. The predicted molar refractivity (Wildman–Crippen MR) is 155 cm³/mol. The quantitative estimate of drug-likeness (QED) is 0.179. The lowest BCUT2D eigenvalue weighted by atomic mass is 10.1. The van der Waals surface area contributed by atoms with E-state index in [-0.39, 0.29) is 18.3 Å². The van der Waals surface area contributed by atoms with Gasteiger partial charge in [0, 0.05) is 24.4 Å². The lowest BCUT2D eigenvalue weighted by Crippen LogP contribution is -2.29. The molecule has 2 heterocycles. The maximum atomic E-state index is 13.4. The second-order valence-corrected chi connectivity index (χ2v) is 9.61. The number of aromatic amines is 1. The van der Waals surface area contributed by atoms with Crippen molar-refractivity contribution >= 4 is 41.1 Å². The fourth-order valence-electron chi connectivity index (χ4n) is 4.29. The van der Waals surface area contributed by atoms with E-state index in [0.717, 1.165) is 31.5 Å². The number of carbonyl (C=O) groups is 1. The predicted octanol–water partition coefficient (Wildman–Crippen LogP) is 5.74. The van der Waals surface area contributed by atoms with Crippen LogP contribution in [-0.2, 0) is 11.4 Å². The molecule has 39 heavy (non-hydrogen) atoms. The Morgan fingerprint density at radius 3 is 2.79 bits per heavy atom. The summed E-state index contributed by atoms with van der Waals surface area (Å²) in [4.78, 5) is 26.7. The first-order valence-corrected chi connectivity index (χ1v) is 13.2. The van der Waals surface area contributed by atoms with Gasteiger partial charge in [0.05, 0.1) is 28.4 Å². The van der Waals surface area contributed by atoms with Crippen molar-refractivity contribution in [3.63, 3.8) is 0 Å². The van der Waals surface area contributed by atoms with Crippen LogP contribution in [0.15, 0.2) is 70.8 Å². The summed E-state index contributed by atoms with van der Waals surface area (Å²) in [7, 11) is 0. The molecule has 4 rings (SSSR count). The number of piperidine rings is 1. The number of nitrogens with zero attached hydrogens (tertiary/aromatic N) is 3. The van der Waals surface area contributed by atoms with Crippen molar-refractivity contribution in [3.05, 3.63) is 88.5 Å². The van der Waals surface area contributed by atoms with E-state index in [1.807, 2.05) is 13.0 Å². The number of nitrogens with one attached hydrogen (secondary N) is 2. The maximum Gasteiger partial charge on any atom is 0.248 e. The summed E-state index contributed by atoms with van der Waals surface area (Å²) in [6, 6.07) is 11.2. The number of hydrogen-bond donors (Lipinski definition) is 3. The van der Waals surface area contributed by atoms with Crippen molar-refractivity contribution in [2.45, 2.75) is 32.8 Å². The average molecular weight is 551 g/mol. The van der Waals surface area contributed by atoms with Crippen LogP contribution in [-0.4, -0.2) is 47.6 Å². The van der Waals surface area contributed by atoms with Crippen LogP contribution in [0.1, 0.15) is 36.1 Å². The molecule has 1 saturated heterocycles. The molecule has 0 unspecified atom stereocenters. The van der Waals surface area contributed by atoms with E-state index in [1.54, 1.807) is 42.6 Å². The summed E-state index contributed by atoms with van der Waals surface area (Å²) in [6.07, 6.45) is 10.00. The molecule has 0 aliphatic carbocycles. The first-order chi connectivity index (χ1) is 18.9. The summed E-state index contributed by atoms with van der Waals surface area (Å²) >= 11 is 6.42.